The van der Waals surface area contributed by atoms with Gasteiger partial charge in [-0.25, -0.2) is 13.2 Å². The van der Waals surface area contributed by atoms with Crippen LogP contribution in [-0.4, -0.2) is 43.9 Å². The lowest BCUT2D eigenvalue weighted by molar-refractivity contribution is -0.129. The Morgan fingerprint density at radius 2 is 2.00 bits per heavy atom. The number of carbonyl (C=O) groups excluding carboxylic acids is 2. The lowest BCUT2D eigenvalue weighted by atomic mass is 9.72. The first kappa shape index (κ1) is 21.3. The maximum absolute atomic E-state index is 12.5. The number of hydrogen-bond donors (Lipinski definition) is 1. The molecule has 3 rings (SSSR count). The molecule has 1 amide bonds. The molecule has 1 aromatic heterocycles. The molecular formula is C20H29NO5S2. The molecule has 1 aromatic rings. The summed E-state index contributed by atoms with van der Waals surface area (Å²) in [5.41, 5.74) is 1.46. The molecule has 156 valence electrons. The van der Waals surface area contributed by atoms with Gasteiger partial charge in [0.15, 0.2) is 15.9 Å². The van der Waals surface area contributed by atoms with Crippen molar-refractivity contribution in [3.05, 3.63) is 21.4 Å². The smallest absolute Gasteiger partial charge is 0.349 e. The van der Waals surface area contributed by atoms with E-state index in [1.54, 1.807) is 0 Å². The summed E-state index contributed by atoms with van der Waals surface area (Å²) in [6.45, 7) is 8.26. The molecule has 2 heterocycles. The van der Waals surface area contributed by atoms with E-state index in [2.05, 4.69) is 26.1 Å². The van der Waals surface area contributed by atoms with Crippen molar-refractivity contribution in [1.29, 1.82) is 0 Å². The Morgan fingerprint density at radius 3 is 2.61 bits per heavy atom. The fourth-order valence-electron chi connectivity index (χ4n) is 3.86. The first-order valence-electron chi connectivity index (χ1n) is 9.78. The molecular weight excluding hydrogens is 398 g/mol. The largest absolute Gasteiger partial charge is 0.448 e. The van der Waals surface area contributed by atoms with Crippen LogP contribution in [0.4, 0.5) is 0 Å². The third-order valence-corrected chi connectivity index (χ3v) is 8.73. The van der Waals surface area contributed by atoms with Crippen LogP contribution < -0.4 is 5.32 Å². The van der Waals surface area contributed by atoms with E-state index in [0.29, 0.717) is 17.2 Å². The van der Waals surface area contributed by atoms with Crippen LogP contribution in [0.3, 0.4) is 0 Å². The summed E-state index contributed by atoms with van der Waals surface area (Å²) >= 11 is 1.46. The normalized spacial score (nSPS) is 25.0. The lowest BCUT2D eigenvalue weighted by Crippen LogP contribution is -2.42. The van der Waals surface area contributed by atoms with Gasteiger partial charge in [-0.15, -0.1) is 11.3 Å². The third kappa shape index (κ3) is 4.95. The first-order chi connectivity index (χ1) is 12.9. The molecule has 28 heavy (non-hydrogen) atoms. The Kier molecular flexibility index (Phi) is 5.92. The van der Waals surface area contributed by atoms with Crippen LogP contribution in [0, 0.1) is 11.3 Å². The van der Waals surface area contributed by atoms with Gasteiger partial charge in [0.25, 0.3) is 5.91 Å². The number of hydrogen-bond acceptors (Lipinski definition) is 6. The number of sulfone groups is 1. The van der Waals surface area contributed by atoms with E-state index in [1.165, 1.54) is 28.7 Å². The van der Waals surface area contributed by atoms with E-state index >= 15 is 0 Å². The second-order valence-electron chi connectivity index (χ2n) is 9.02. The number of aryl methyl sites for hydroxylation is 1. The Morgan fingerprint density at radius 1 is 1.29 bits per heavy atom. The minimum Gasteiger partial charge on any atom is -0.448 e. The maximum Gasteiger partial charge on any atom is 0.349 e. The number of nitrogens with one attached hydrogen (secondary N) is 1. The van der Waals surface area contributed by atoms with E-state index in [0.717, 1.165) is 19.3 Å². The van der Waals surface area contributed by atoms with Crippen molar-refractivity contribution in [2.24, 2.45) is 11.3 Å². The monoisotopic (exact) mass is 427 g/mol. The maximum atomic E-state index is 12.5. The summed E-state index contributed by atoms with van der Waals surface area (Å²) < 4.78 is 28.3. The zero-order chi connectivity index (χ0) is 20.7. The van der Waals surface area contributed by atoms with Gasteiger partial charge in [0, 0.05) is 10.9 Å². The van der Waals surface area contributed by atoms with E-state index < -0.39 is 33.9 Å². The molecule has 0 bridgehead atoms. The standard InChI is InChI=1S/C20H29NO5S2/c1-12(18(22)21-15-7-8-28(24,25)11-15)26-19(23)17-10-13-9-14(20(2,3)4)5-6-16(13)27-17/h10,12,14-15H,5-9,11H2,1-4H3,(H,21,22)/t12-,14-,15-/m0/s1. The van der Waals surface area contributed by atoms with Gasteiger partial charge in [-0.1, -0.05) is 20.8 Å². The highest BCUT2D eigenvalue weighted by Crippen LogP contribution is 2.40. The summed E-state index contributed by atoms with van der Waals surface area (Å²) in [6, 6.07) is 1.51. The number of amides is 1. The molecule has 1 aliphatic heterocycles. The quantitative estimate of drug-likeness (QED) is 0.747. The molecule has 1 fully saturated rings. The Bertz CT molecular complexity index is 866. The van der Waals surface area contributed by atoms with Crippen LogP contribution in [0.5, 0.6) is 0 Å². The number of ether oxygens (including phenoxy) is 1. The second kappa shape index (κ2) is 7.78. The average molecular weight is 428 g/mol. The predicted molar refractivity (Wildman–Crippen MR) is 109 cm³/mol. The molecule has 0 saturated carbocycles. The molecule has 0 aromatic carbocycles. The topological polar surface area (TPSA) is 89.5 Å². The zero-order valence-corrected chi connectivity index (χ0v) is 18.5. The first-order valence-corrected chi connectivity index (χ1v) is 12.4. The Hall–Kier alpha value is -1.41. The van der Waals surface area contributed by atoms with Gasteiger partial charge >= 0.3 is 5.97 Å². The lowest BCUT2D eigenvalue weighted by Gasteiger charge is -2.33. The van der Waals surface area contributed by atoms with Crippen molar-refractivity contribution in [2.75, 3.05) is 11.5 Å². The molecule has 8 heteroatoms. The molecule has 6 nitrogen and oxygen atoms in total. The molecule has 1 aliphatic carbocycles. The van der Waals surface area contributed by atoms with Crippen molar-refractivity contribution in [1.82, 2.24) is 5.32 Å². The minimum absolute atomic E-state index is 0.0496. The van der Waals surface area contributed by atoms with Crippen LogP contribution in [-0.2, 0) is 32.2 Å². The highest BCUT2D eigenvalue weighted by atomic mass is 32.2. The van der Waals surface area contributed by atoms with E-state index in [4.69, 9.17) is 4.74 Å². The molecule has 3 atom stereocenters. The van der Waals surface area contributed by atoms with Crippen LogP contribution >= 0.6 is 11.3 Å². The van der Waals surface area contributed by atoms with Crippen LogP contribution in [0.1, 0.15) is 60.6 Å². The van der Waals surface area contributed by atoms with Gasteiger partial charge in [0.2, 0.25) is 0 Å². The number of thiophene rings is 1. The summed E-state index contributed by atoms with van der Waals surface area (Å²) in [5.74, 6) is -0.321. The number of fused-ring (bicyclic) bond motifs is 1. The summed E-state index contributed by atoms with van der Waals surface area (Å²) in [4.78, 5) is 26.5. The SMILES string of the molecule is C[C@H](OC(=O)c1cc2c(s1)CC[C@H](C(C)(C)C)C2)C(=O)N[C@H]1CCS(=O)(=O)C1. The van der Waals surface area contributed by atoms with Crippen molar-refractivity contribution < 1.29 is 22.7 Å². The van der Waals surface area contributed by atoms with E-state index in [-0.39, 0.29) is 16.9 Å². The van der Waals surface area contributed by atoms with Gasteiger partial charge in [-0.2, -0.15) is 0 Å². The van der Waals surface area contributed by atoms with Crippen LogP contribution in [0.15, 0.2) is 6.07 Å². The highest BCUT2D eigenvalue weighted by Gasteiger charge is 2.32. The zero-order valence-electron chi connectivity index (χ0n) is 16.9. The number of rotatable bonds is 4. The molecule has 0 unspecified atom stereocenters. The number of carbonyl (C=O) groups is 2. The van der Waals surface area contributed by atoms with Crippen molar-refractivity contribution in [3.63, 3.8) is 0 Å². The minimum atomic E-state index is -3.07. The van der Waals surface area contributed by atoms with Gasteiger partial charge in [-0.05, 0) is 55.6 Å². The molecule has 2 aliphatic rings. The van der Waals surface area contributed by atoms with Crippen LogP contribution in [0.2, 0.25) is 0 Å². The summed E-state index contributed by atoms with van der Waals surface area (Å²) in [6.07, 6.45) is 2.50. The molecule has 1 N–H and O–H groups in total. The van der Waals surface area contributed by atoms with E-state index in [9.17, 15) is 18.0 Å². The molecule has 0 spiro atoms. The predicted octanol–water partition coefficient (Wildman–Crippen LogP) is 2.75. The second-order valence-corrected chi connectivity index (χ2v) is 12.4. The Labute approximate surface area is 171 Å². The summed E-state index contributed by atoms with van der Waals surface area (Å²) in [5, 5.41) is 2.67. The fourth-order valence-corrected chi connectivity index (χ4v) is 6.63. The van der Waals surface area contributed by atoms with Crippen molar-refractivity contribution in [3.8, 4) is 0 Å². The van der Waals surface area contributed by atoms with Crippen molar-refractivity contribution in [2.45, 2.75) is 65.5 Å². The van der Waals surface area contributed by atoms with Gasteiger partial charge in [-0.3, -0.25) is 4.79 Å². The van der Waals surface area contributed by atoms with Gasteiger partial charge < -0.3 is 10.1 Å². The summed E-state index contributed by atoms with van der Waals surface area (Å²) in [7, 11) is -3.07. The fraction of sp³-hybridized carbons (Fsp3) is 0.700. The highest BCUT2D eigenvalue weighted by molar-refractivity contribution is 7.91. The van der Waals surface area contributed by atoms with Crippen LogP contribution in [0.25, 0.3) is 0 Å². The Balaban J connectivity index is 1.58. The van der Waals surface area contributed by atoms with Crippen molar-refractivity contribution >= 4 is 33.1 Å². The third-order valence-electron chi connectivity index (χ3n) is 5.74. The van der Waals surface area contributed by atoms with E-state index in [1.807, 2.05) is 6.07 Å². The van der Waals surface area contributed by atoms with Gasteiger partial charge in [0.05, 0.1) is 11.5 Å². The molecule has 0 radical (unpaired) electrons. The average Bonchev–Trinajstić information content (AvgIpc) is 3.16. The molecule has 1 saturated heterocycles. The number of esters is 1. The van der Waals surface area contributed by atoms with Gasteiger partial charge in [0.1, 0.15) is 4.88 Å².